The molecule has 0 saturated carbocycles. The van der Waals surface area contributed by atoms with E-state index in [1.54, 1.807) is 0 Å². The minimum atomic E-state index is -1.02. The molecule has 0 amide bonds. The molecular weight excluding hydrogens is 173 g/mol. The van der Waals surface area contributed by atoms with E-state index in [4.69, 9.17) is 5.11 Å². The average molecular weight is 176 g/mol. The Morgan fingerprint density at radius 1 is 1.50 bits per heavy atom. The molecule has 10 heavy (non-hydrogen) atoms. The molecule has 0 fully saturated rings. The van der Waals surface area contributed by atoms with Crippen LogP contribution in [0.3, 0.4) is 0 Å². The van der Waals surface area contributed by atoms with Crippen molar-refractivity contribution in [2.75, 3.05) is 0 Å². The standard InChI is InChI=1S/C2H3B2O4PS/c5-1(6)3-4-2(7)8-9-10/h3-4H,(H,5,6). The van der Waals surface area contributed by atoms with E-state index in [2.05, 4.69) is 16.3 Å². The zero-order valence-electron chi connectivity index (χ0n) is 4.94. The first kappa shape index (κ1) is 9.59. The molecule has 0 heterocycles. The third-order valence-corrected chi connectivity index (χ3v) is 1.18. The predicted octanol–water partition coefficient (Wildman–Crippen LogP) is -0.0879. The van der Waals surface area contributed by atoms with Gasteiger partial charge in [0, 0.05) is 0 Å². The third kappa shape index (κ3) is 5.72. The summed E-state index contributed by atoms with van der Waals surface area (Å²) in [6.07, 6.45) is 0. The van der Waals surface area contributed by atoms with Gasteiger partial charge in [-0.15, -0.1) is 0 Å². The zero-order chi connectivity index (χ0) is 7.98. The minimum absolute atomic E-state index is 0.0923. The molecule has 0 atom stereocenters. The Morgan fingerprint density at radius 3 is 2.50 bits per heavy atom. The Hall–Kier alpha value is -0.410. The van der Waals surface area contributed by atoms with Gasteiger partial charge in [0.2, 0.25) is 33.7 Å². The second-order valence-electron chi connectivity index (χ2n) is 1.43. The Bertz CT molecular complexity index is 161. The Kier molecular flexibility index (Phi) is 5.16. The van der Waals surface area contributed by atoms with Crippen LogP contribution in [0.25, 0.3) is 0 Å². The number of carbonyl (C=O) groups is 2. The van der Waals surface area contributed by atoms with Gasteiger partial charge < -0.3 is 9.63 Å². The molecule has 0 aromatic carbocycles. The molecule has 1 N–H and O–H groups in total. The highest BCUT2D eigenvalue weighted by molar-refractivity contribution is 7.94. The second kappa shape index (κ2) is 5.38. The Balaban J connectivity index is 3.39. The summed E-state index contributed by atoms with van der Waals surface area (Å²) in [5, 5.41) is 8.09. The summed E-state index contributed by atoms with van der Waals surface area (Å²) in [6, 6.07) is 0. The van der Waals surface area contributed by atoms with E-state index < -0.39 is 11.7 Å². The number of rotatable bonds is 4. The first-order valence-electron chi connectivity index (χ1n) is 2.41. The van der Waals surface area contributed by atoms with Crippen molar-refractivity contribution in [3.05, 3.63) is 0 Å². The third-order valence-electron chi connectivity index (χ3n) is 0.682. The summed E-state index contributed by atoms with van der Waals surface area (Å²) < 4.78 is 4.28. The van der Waals surface area contributed by atoms with Crippen LogP contribution in [0.1, 0.15) is 0 Å². The molecule has 0 aromatic rings. The Labute approximate surface area is 65.3 Å². The number of carbonyl (C=O) groups excluding carboxylic acids is 1. The van der Waals surface area contributed by atoms with Crippen molar-refractivity contribution in [2.24, 2.45) is 0 Å². The Morgan fingerprint density at radius 2 is 2.10 bits per heavy atom. The lowest BCUT2D eigenvalue weighted by Crippen LogP contribution is -2.21. The lowest BCUT2D eigenvalue weighted by Gasteiger charge is -1.89. The van der Waals surface area contributed by atoms with Crippen LogP contribution in [0.2, 0.25) is 0 Å². The van der Waals surface area contributed by atoms with Gasteiger partial charge >= 0.3 is 0 Å². The van der Waals surface area contributed by atoms with Crippen LogP contribution in [0.5, 0.6) is 0 Å². The molecule has 4 nitrogen and oxygen atoms in total. The first-order chi connectivity index (χ1) is 4.66. The van der Waals surface area contributed by atoms with Crippen LogP contribution in [-0.2, 0) is 16.3 Å². The van der Waals surface area contributed by atoms with Crippen LogP contribution < -0.4 is 0 Å². The molecule has 0 saturated heterocycles. The smallest absolute Gasteiger partial charge is 0.249 e. The van der Waals surface area contributed by atoms with Crippen molar-refractivity contribution >= 4 is 45.5 Å². The van der Waals surface area contributed by atoms with Crippen LogP contribution in [0.15, 0.2) is 0 Å². The van der Waals surface area contributed by atoms with Crippen molar-refractivity contribution in [3.8, 4) is 0 Å². The van der Waals surface area contributed by atoms with Crippen LogP contribution >= 0.6 is 7.58 Å². The lowest BCUT2D eigenvalue weighted by molar-refractivity contribution is 0.219. The van der Waals surface area contributed by atoms with E-state index in [1.165, 1.54) is 0 Å². The number of hydrogen-bond donors (Lipinski definition) is 1. The molecule has 52 valence electrons. The van der Waals surface area contributed by atoms with Gasteiger partial charge in [-0.1, -0.05) is 0 Å². The normalized spacial score (nSPS) is 8.40. The van der Waals surface area contributed by atoms with E-state index in [1.807, 2.05) is 0 Å². The fraction of sp³-hybridized carbons (Fsp3) is 0. The lowest BCUT2D eigenvalue weighted by atomic mass is 9.39. The molecule has 0 aliphatic rings. The second-order valence-corrected chi connectivity index (χ2v) is 2.21. The topological polar surface area (TPSA) is 63.6 Å². The summed E-state index contributed by atoms with van der Waals surface area (Å²) in [7, 11) is -0.224. The van der Waals surface area contributed by atoms with E-state index in [9.17, 15) is 9.59 Å². The summed E-state index contributed by atoms with van der Waals surface area (Å²) in [4.78, 5) is 20.3. The zero-order valence-corrected chi connectivity index (χ0v) is 6.65. The van der Waals surface area contributed by atoms with Gasteiger partial charge in [-0.3, -0.25) is 9.59 Å². The van der Waals surface area contributed by atoms with E-state index >= 15 is 0 Å². The van der Waals surface area contributed by atoms with Crippen LogP contribution in [-0.4, -0.2) is 31.2 Å². The molecule has 0 unspecified atom stereocenters. The van der Waals surface area contributed by atoms with Crippen molar-refractivity contribution in [1.29, 1.82) is 0 Å². The minimum Gasteiger partial charge on any atom is -0.490 e. The van der Waals surface area contributed by atoms with Crippen LogP contribution in [0.4, 0.5) is 9.59 Å². The van der Waals surface area contributed by atoms with Crippen molar-refractivity contribution < 1.29 is 19.2 Å². The maximum Gasteiger partial charge on any atom is 0.249 e. The van der Waals surface area contributed by atoms with Crippen LogP contribution in [0, 0.1) is 0 Å². The summed E-state index contributed by atoms with van der Waals surface area (Å²) >= 11 is 4.29. The summed E-state index contributed by atoms with van der Waals surface area (Å²) in [5.41, 5.74) is 0. The molecule has 0 radical (unpaired) electrons. The molecule has 0 rings (SSSR count). The van der Waals surface area contributed by atoms with Gasteiger partial charge in [0.25, 0.3) is 0 Å². The van der Waals surface area contributed by atoms with Crippen molar-refractivity contribution in [3.63, 3.8) is 0 Å². The SMILES string of the molecule is O=C(O)BBC(=O)OP=S. The molecule has 0 spiro atoms. The first-order valence-corrected chi connectivity index (χ1v) is 4.23. The average Bonchev–Trinajstić information content (AvgIpc) is 1.85. The van der Waals surface area contributed by atoms with E-state index in [0.717, 1.165) is 0 Å². The fourth-order valence-corrected chi connectivity index (χ4v) is 0.720. The largest absolute Gasteiger partial charge is 0.490 e. The highest BCUT2D eigenvalue weighted by Crippen LogP contribution is 1.94. The number of carboxylic acid groups (broad SMARTS) is 1. The van der Waals surface area contributed by atoms with Crippen molar-refractivity contribution in [1.82, 2.24) is 0 Å². The maximum absolute atomic E-state index is 10.4. The molecule has 0 aromatic heterocycles. The molecule has 0 aliphatic carbocycles. The highest BCUT2D eigenvalue weighted by Gasteiger charge is 2.10. The summed E-state index contributed by atoms with van der Waals surface area (Å²) in [6.45, 7) is 0. The molecule has 8 heteroatoms. The van der Waals surface area contributed by atoms with Gasteiger partial charge in [0.05, 0.1) is 0 Å². The van der Waals surface area contributed by atoms with Gasteiger partial charge in [-0.2, -0.15) is 0 Å². The van der Waals surface area contributed by atoms with Gasteiger partial charge in [0.1, 0.15) is 0 Å². The molecular formula is C2H3B2O4PS. The summed E-state index contributed by atoms with van der Waals surface area (Å²) in [5.74, 6) is -1.59. The molecule has 0 bridgehead atoms. The van der Waals surface area contributed by atoms with E-state index in [-0.39, 0.29) is 21.9 Å². The highest BCUT2D eigenvalue weighted by atomic mass is 32.4. The monoisotopic (exact) mass is 176 g/mol. The maximum atomic E-state index is 10.4. The number of hydrogen-bond acceptors (Lipinski definition) is 4. The fourth-order valence-electron chi connectivity index (χ4n) is 0.296. The predicted molar refractivity (Wildman–Crippen MR) is 43.1 cm³/mol. The van der Waals surface area contributed by atoms with Gasteiger partial charge in [0.15, 0.2) is 0 Å². The van der Waals surface area contributed by atoms with Gasteiger partial charge in [-0.25, -0.2) is 0 Å². The van der Waals surface area contributed by atoms with E-state index in [0.29, 0.717) is 0 Å². The van der Waals surface area contributed by atoms with Gasteiger partial charge in [-0.05, 0) is 11.8 Å². The quantitative estimate of drug-likeness (QED) is 0.478. The van der Waals surface area contributed by atoms with Crippen molar-refractivity contribution in [2.45, 2.75) is 0 Å². The molecule has 0 aliphatic heterocycles.